The molecule has 17 heavy (non-hydrogen) atoms. The van der Waals surface area contributed by atoms with E-state index in [-0.39, 0.29) is 18.1 Å². The van der Waals surface area contributed by atoms with E-state index in [9.17, 15) is 4.79 Å². The van der Waals surface area contributed by atoms with E-state index in [0.29, 0.717) is 6.61 Å². The smallest absolute Gasteiger partial charge is 0.315 e. The largest absolute Gasteiger partial charge is 0.379 e. The lowest BCUT2D eigenvalue weighted by molar-refractivity contribution is 0.188. The summed E-state index contributed by atoms with van der Waals surface area (Å²) in [7, 11) is 0. The highest BCUT2D eigenvalue weighted by atomic mass is 16.5. The summed E-state index contributed by atoms with van der Waals surface area (Å²) < 4.78 is 5.21. The minimum Gasteiger partial charge on any atom is -0.379 e. The van der Waals surface area contributed by atoms with Crippen LogP contribution in [0, 0.1) is 0 Å². The second kappa shape index (κ2) is 5.68. The Hall–Kier alpha value is -1.55. The van der Waals surface area contributed by atoms with Crippen molar-refractivity contribution in [3.05, 3.63) is 35.9 Å². The zero-order valence-electron chi connectivity index (χ0n) is 9.98. The van der Waals surface area contributed by atoms with Crippen LogP contribution in [0.15, 0.2) is 30.3 Å². The first-order chi connectivity index (χ1) is 8.25. The molecule has 2 atom stereocenters. The number of ether oxygens (including phenoxy) is 1. The molecular formula is C13H18N2O2. The Labute approximate surface area is 101 Å². The molecule has 2 unspecified atom stereocenters. The SMILES string of the molecule is CC(NC(=O)NC1CCOC1)c1ccccc1. The second-order valence-electron chi connectivity index (χ2n) is 4.31. The number of benzene rings is 1. The molecule has 4 heteroatoms. The molecule has 1 fully saturated rings. The van der Waals surface area contributed by atoms with Crippen LogP contribution < -0.4 is 10.6 Å². The Balaban J connectivity index is 1.81. The van der Waals surface area contributed by atoms with Gasteiger partial charge in [0.25, 0.3) is 0 Å². The van der Waals surface area contributed by atoms with Gasteiger partial charge in [0, 0.05) is 6.61 Å². The van der Waals surface area contributed by atoms with Gasteiger partial charge in [-0.05, 0) is 18.9 Å². The van der Waals surface area contributed by atoms with Crippen LogP contribution in [-0.2, 0) is 4.74 Å². The number of amides is 2. The first-order valence-electron chi connectivity index (χ1n) is 5.95. The Morgan fingerprint density at radius 3 is 2.82 bits per heavy atom. The van der Waals surface area contributed by atoms with Crippen molar-refractivity contribution in [3.8, 4) is 0 Å². The molecule has 1 saturated heterocycles. The number of nitrogens with one attached hydrogen (secondary N) is 2. The lowest BCUT2D eigenvalue weighted by atomic mass is 10.1. The van der Waals surface area contributed by atoms with Crippen molar-refractivity contribution in [1.29, 1.82) is 0 Å². The zero-order valence-corrected chi connectivity index (χ0v) is 9.98. The Kier molecular flexibility index (Phi) is 3.98. The van der Waals surface area contributed by atoms with Crippen molar-refractivity contribution in [2.45, 2.75) is 25.4 Å². The number of hydrogen-bond acceptors (Lipinski definition) is 2. The Bertz CT molecular complexity index is 361. The number of rotatable bonds is 3. The van der Waals surface area contributed by atoms with Crippen molar-refractivity contribution in [1.82, 2.24) is 10.6 Å². The van der Waals surface area contributed by atoms with E-state index >= 15 is 0 Å². The lowest BCUT2D eigenvalue weighted by Crippen LogP contribution is -2.43. The highest BCUT2D eigenvalue weighted by Gasteiger charge is 2.18. The molecule has 0 bridgehead atoms. The molecule has 0 radical (unpaired) electrons. The molecule has 2 rings (SSSR count). The van der Waals surface area contributed by atoms with E-state index in [4.69, 9.17) is 4.74 Å². The highest BCUT2D eigenvalue weighted by Crippen LogP contribution is 2.11. The number of hydrogen-bond donors (Lipinski definition) is 2. The fraction of sp³-hybridized carbons (Fsp3) is 0.462. The van der Waals surface area contributed by atoms with Crippen LogP contribution in [0.4, 0.5) is 4.79 Å². The van der Waals surface area contributed by atoms with E-state index in [1.165, 1.54) is 0 Å². The molecule has 2 N–H and O–H groups in total. The third-order valence-electron chi connectivity index (χ3n) is 2.91. The van der Waals surface area contributed by atoms with Gasteiger partial charge in [-0.25, -0.2) is 4.79 Å². The zero-order chi connectivity index (χ0) is 12.1. The summed E-state index contributed by atoms with van der Waals surface area (Å²) in [6.07, 6.45) is 0.896. The molecule has 0 aromatic heterocycles. The summed E-state index contributed by atoms with van der Waals surface area (Å²) in [6, 6.07) is 9.94. The maximum Gasteiger partial charge on any atom is 0.315 e. The van der Waals surface area contributed by atoms with Crippen molar-refractivity contribution >= 4 is 6.03 Å². The number of carbonyl (C=O) groups excluding carboxylic acids is 1. The van der Waals surface area contributed by atoms with Gasteiger partial charge in [-0.2, -0.15) is 0 Å². The third kappa shape index (κ3) is 3.46. The van der Waals surface area contributed by atoms with Gasteiger partial charge in [0.05, 0.1) is 18.7 Å². The summed E-state index contributed by atoms with van der Waals surface area (Å²) in [4.78, 5) is 11.7. The van der Waals surface area contributed by atoms with E-state index in [2.05, 4.69) is 10.6 Å². The van der Waals surface area contributed by atoms with Crippen LogP contribution >= 0.6 is 0 Å². The summed E-state index contributed by atoms with van der Waals surface area (Å²) in [5.74, 6) is 0. The standard InChI is InChI=1S/C13H18N2O2/c1-10(11-5-3-2-4-6-11)14-13(16)15-12-7-8-17-9-12/h2-6,10,12H,7-9H2,1H3,(H2,14,15,16). The summed E-state index contributed by atoms with van der Waals surface area (Å²) in [5.41, 5.74) is 1.10. The summed E-state index contributed by atoms with van der Waals surface area (Å²) in [6.45, 7) is 3.33. The van der Waals surface area contributed by atoms with E-state index in [1.807, 2.05) is 37.3 Å². The average Bonchev–Trinajstić information content (AvgIpc) is 2.82. The maximum atomic E-state index is 11.7. The first kappa shape index (κ1) is 11.9. The molecule has 2 amide bonds. The van der Waals surface area contributed by atoms with Crippen LogP contribution in [-0.4, -0.2) is 25.3 Å². The second-order valence-corrected chi connectivity index (χ2v) is 4.31. The van der Waals surface area contributed by atoms with Crippen LogP contribution in [0.1, 0.15) is 24.9 Å². The van der Waals surface area contributed by atoms with Crippen LogP contribution in [0.2, 0.25) is 0 Å². The summed E-state index contributed by atoms with van der Waals surface area (Å²) >= 11 is 0. The van der Waals surface area contributed by atoms with Gasteiger partial charge >= 0.3 is 6.03 Å². The van der Waals surface area contributed by atoms with Gasteiger partial charge < -0.3 is 15.4 Å². The highest BCUT2D eigenvalue weighted by molar-refractivity contribution is 5.74. The monoisotopic (exact) mass is 234 g/mol. The molecule has 0 spiro atoms. The molecule has 1 aromatic rings. The van der Waals surface area contributed by atoms with Gasteiger partial charge in [0.15, 0.2) is 0 Å². The van der Waals surface area contributed by atoms with E-state index in [1.54, 1.807) is 0 Å². The van der Waals surface area contributed by atoms with Crippen molar-refractivity contribution in [3.63, 3.8) is 0 Å². The Morgan fingerprint density at radius 1 is 1.41 bits per heavy atom. The molecule has 1 aliphatic heterocycles. The van der Waals surface area contributed by atoms with Gasteiger partial charge in [-0.3, -0.25) is 0 Å². The van der Waals surface area contributed by atoms with Gasteiger partial charge in [-0.15, -0.1) is 0 Å². The molecule has 1 aliphatic rings. The van der Waals surface area contributed by atoms with Crippen molar-refractivity contribution in [2.75, 3.05) is 13.2 Å². The van der Waals surface area contributed by atoms with E-state index < -0.39 is 0 Å². The maximum absolute atomic E-state index is 11.7. The molecule has 0 saturated carbocycles. The average molecular weight is 234 g/mol. The lowest BCUT2D eigenvalue weighted by Gasteiger charge is -2.17. The van der Waals surface area contributed by atoms with E-state index in [0.717, 1.165) is 18.6 Å². The molecule has 1 heterocycles. The molecular weight excluding hydrogens is 216 g/mol. The Morgan fingerprint density at radius 2 is 2.18 bits per heavy atom. The fourth-order valence-electron chi connectivity index (χ4n) is 1.90. The van der Waals surface area contributed by atoms with Gasteiger partial charge in [0.1, 0.15) is 0 Å². The minimum atomic E-state index is -0.128. The topological polar surface area (TPSA) is 50.4 Å². The predicted octanol–water partition coefficient (Wildman–Crippen LogP) is 1.84. The van der Waals surface area contributed by atoms with Crippen LogP contribution in [0.3, 0.4) is 0 Å². The minimum absolute atomic E-state index is 0.0125. The molecule has 0 aliphatic carbocycles. The number of urea groups is 1. The fourth-order valence-corrected chi connectivity index (χ4v) is 1.90. The van der Waals surface area contributed by atoms with Gasteiger partial charge in [0.2, 0.25) is 0 Å². The van der Waals surface area contributed by atoms with Crippen molar-refractivity contribution in [2.24, 2.45) is 0 Å². The molecule has 1 aromatic carbocycles. The van der Waals surface area contributed by atoms with Gasteiger partial charge in [-0.1, -0.05) is 30.3 Å². The summed E-state index contributed by atoms with van der Waals surface area (Å²) in [5, 5.41) is 5.82. The third-order valence-corrected chi connectivity index (χ3v) is 2.91. The van der Waals surface area contributed by atoms with Crippen molar-refractivity contribution < 1.29 is 9.53 Å². The molecule has 4 nitrogen and oxygen atoms in total. The quantitative estimate of drug-likeness (QED) is 0.838. The van der Waals surface area contributed by atoms with Crippen LogP contribution in [0.25, 0.3) is 0 Å². The van der Waals surface area contributed by atoms with Crippen LogP contribution in [0.5, 0.6) is 0 Å². The molecule has 92 valence electrons. The predicted molar refractivity (Wildman–Crippen MR) is 65.7 cm³/mol. The normalized spacial score (nSPS) is 20.9. The first-order valence-corrected chi connectivity index (χ1v) is 5.95. The number of carbonyl (C=O) groups is 1.